The minimum absolute atomic E-state index is 0.113. The Morgan fingerprint density at radius 3 is 2.43 bits per heavy atom. The number of nitrogens with zero attached hydrogens (tertiary/aromatic N) is 4. The van der Waals surface area contributed by atoms with Crippen LogP contribution in [0.4, 0.5) is 0 Å². The van der Waals surface area contributed by atoms with Crippen LogP contribution in [0.1, 0.15) is 120 Å². The van der Waals surface area contributed by atoms with Crippen molar-refractivity contribution in [3.8, 4) is 0 Å². The second-order valence-electron chi connectivity index (χ2n) is 18.7. The van der Waals surface area contributed by atoms with Crippen molar-refractivity contribution in [2.24, 2.45) is 68.3 Å². The molecule has 12 atom stereocenters. The lowest BCUT2D eigenvalue weighted by Gasteiger charge is -2.71. The van der Waals surface area contributed by atoms with E-state index in [9.17, 15) is 9.90 Å². The number of nitrogens with two attached hydrogens (primary N) is 1. The maximum atomic E-state index is 13.4. The Kier molecular flexibility index (Phi) is 8.45. The Morgan fingerprint density at radius 1 is 1.13 bits per heavy atom. The first-order valence-corrected chi connectivity index (χ1v) is 18.5. The molecule has 3 N–H and O–H groups in total. The third-order valence-electron chi connectivity index (χ3n) is 15.8. The second-order valence-corrected chi connectivity index (χ2v) is 18.7. The monoisotopic (exact) mass is 653 g/mol. The lowest BCUT2D eigenvalue weighted by Crippen LogP contribution is -2.69. The fourth-order valence-corrected chi connectivity index (χ4v) is 12.0. The predicted molar refractivity (Wildman–Crippen MR) is 182 cm³/mol. The number of fused-ring (bicyclic) bond motifs is 3. The molecule has 5 aliphatic rings. The van der Waals surface area contributed by atoms with Crippen LogP contribution in [0.2, 0.25) is 0 Å². The van der Waals surface area contributed by atoms with Crippen LogP contribution in [0.3, 0.4) is 0 Å². The largest absolute Gasteiger partial charge is 0.481 e. The summed E-state index contributed by atoms with van der Waals surface area (Å²) in [5.41, 5.74) is 6.61. The molecular formula is C38H63N5O4. The zero-order valence-electron chi connectivity index (χ0n) is 31.1. The number of tetrazole rings is 1. The molecule has 0 amide bonds. The van der Waals surface area contributed by atoms with Gasteiger partial charge in [0, 0.05) is 16.4 Å². The van der Waals surface area contributed by atoms with E-state index in [4.69, 9.17) is 20.3 Å². The number of allylic oxidation sites excluding steroid dienone is 1. The Balaban J connectivity index is 1.44. The summed E-state index contributed by atoms with van der Waals surface area (Å²) < 4.78 is 13.6. The lowest BCUT2D eigenvalue weighted by molar-refractivity contribution is -0.253. The zero-order chi connectivity index (χ0) is 34.5. The van der Waals surface area contributed by atoms with Gasteiger partial charge in [0.1, 0.15) is 6.04 Å². The Bertz CT molecular complexity index is 1410. The summed E-state index contributed by atoms with van der Waals surface area (Å²) in [7, 11) is 0. The molecule has 9 nitrogen and oxygen atoms in total. The summed E-state index contributed by atoms with van der Waals surface area (Å²) in [6.07, 6.45) is 8.06. The van der Waals surface area contributed by atoms with Gasteiger partial charge in [0.25, 0.3) is 0 Å². The van der Waals surface area contributed by atoms with Crippen molar-refractivity contribution in [1.82, 2.24) is 20.2 Å². The molecule has 47 heavy (non-hydrogen) atoms. The van der Waals surface area contributed by atoms with Gasteiger partial charge in [0.05, 0.1) is 31.8 Å². The summed E-state index contributed by atoms with van der Waals surface area (Å²) in [5, 5.41) is 24.7. The standard InChI is InChI=1S/C38H63N5O4/c1-22(2)24(5)33(7)16-17-35(9)26-12-13-29-34(8)19-46-21-38(29,27(26)14-15-36(35,10)30(33)32(44)45)18-28(43-41-25(6)40-42-43)31(34)47-20-37(11,39)23(3)4/h14,22-24,26,28-31H,12-13,15-21,39H2,1-11H3,(H,44,45)/t24-,26+,28-,29+,30-,31+,33-,34-,35-,36+,37+,38+/m1/s1. The average Bonchev–Trinajstić information content (AvgIpc) is 3.42. The maximum absolute atomic E-state index is 13.4. The van der Waals surface area contributed by atoms with Crippen LogP contribution >= 0.6 is 0 Å². The van der Waals surface area contributed by atoms with E-state index in [0.29, 0.717) is 49.3 Å². The van der Waals surface area contributed by atoms with Crippen LogP contribution in [0.5, 0.6) is 0 Å². The minimum Gasteiger partial charge on any atom is -0.481 e. The van der Waals surface area contributed by atoms with E-state index in [2.05, 4.69) is 85.6 Å². The normalized spacial score (nSPS) is 45.0. The van der Waals surface area contributed by atoms with Crippen molar-refractivity contribution in [2.45, 2.75) is 132 Å². The third-order valence-corrected chi connectivity index (χ3v) is 15.8. The zero-order valence-corrected chi connectivity index (χ0v) is 31.1. The minimum atomic E-state index is -0.621. The van der Waals surface area contributed by atoms with Crippen molar-refractivity contribution >= 4 is 5.97 Å². The number of carboxylic acid groups (broad SMARTS) is 1. The van der Waals surface area contributed by atoms with Crippen molar-refractivity contribution in [1.29, 1.82) is 0 Å². The topological polar surface area (TPSA) is 125 Å². The molecule has 1 saturated heterocycles. The number of hydrogen-bond acceptors (Lipinski definition) is 7. The van der Waals surface area contributed by atoms with Crippen LogP contribution in [0.25, 0.3) is 0 Å². The SMILES string of the molecule is Cc1nnn([C@@H]2C[C@@]34COC[C@](C)([C@@H]3CC[C@H]3C4=CC[C@@]4(C)[C@H](C(=O)O)[C@@](C)([C@H](C)C(C)C)CC[C@]34C)[C@H]2OC[C@](C)(N)C(C)C)n1. The predicted octanol–water partition coefficient (Wildman–Crippen LogP) is 6.87. The average molecular weight is 654 g/mol. The quantitative estimate of drug-likeness (QED) is 0.291. The summed E-state index contributed by atoms with van der Waals surface area (Å²) in [5.74, 6) is 1.32. The first kappa shape index (κ1) is 35.0. The van der Waals surface area contributed by atoms with Crippen LogP contribution in [-0.4, -0.2) is 62.7 Å². The van der Waals surface area contributed by atoms with E-state index in [0.717, 1.165) is 38.5 Å². The van der Waals surface area contributed by atoms with Gasteiger partial charge < -0.3 is 20.3 Å². The summed E-state index contributed by atoms with van der Waals surface area (Å²) >= 11 is 0. The van der Waals surface area contributed by atoms with E-state index >= 15 is 0 Å². The molecule has 4 aliphatic carbocycles. The Hall–Kier alpha value is -1.84. The Labute approximate surface area is 283 Å². The smallest absolute Gasteiger partial charge is 0.307 e. The third kappa shape index (κ3) is 4.85. The van der Waals surface area contributed by atoms with E-state index in [1.165, 1.54) is 5.57 Å². The first-order chi connectivity index (χ1) is 21.8. The molecule has 4 fully saturated rings. The molecule has 3 saturated carbocycles. The molecule has 9 heteroatoms. The highest BCUT2D eigenvalue weighted by molar-refractivity contribution is 5.73. The number of carboxylic acids is 1. The highest BCUT2D eigenvalue weighted by Gasteiger charge is 2.72. The van der Waals surface area contributed by atoms with E-state index < -0.39 is 17.4 Å². The van der Waals surface area contributed by atoms with Gasteiger partial charge >= 0.3 is 5.97 Å². The van der Waals surface area contributed by atoms with Crippen LogP contribution in [0.15, 0.2) is 11.6 Å². The second kappa shape index (κ2) is 11.3. The number of aryl methyl sites for hydroxylation is 1. The molecule has 1 aromatic rings. The highest BCUT2D eigenvalue weighted by Crippen LogP contribution is 2.75. The van der Waals surface area contributed by atoms with Crippen LogP contribution in [-0.2, 0) is 14.3 Å². The van der Waals surface area contributed by atoms with E-state index in [1.807, 2.05) is 11.7 Å². The molecule has 0 unspecified atom stereocenters. The van der Waals surface area contributed by atoms with Crippen LogP contribution < -0.4 is 5.73 Å². The molecule has 0 spiro atoms. The number of hydrogen-bond donors (Lipinski definition) is 2. The number of ether oxygens (including phenoxy) is 2. The Morgan fingerprint density at radius 2 is 1.83 bits per heavy atom. The van der Waals surface area contributed by atoms with Gasteiger partial charge in [0.2, 0.25) is 0 Å². The summed E-state index contributed by atoms with van der Waals surface area (Å²) in [6, 6.07) is -0.113. The first-order valence-electron chi connectivity index (χ1n) is 18.5. The molecule has 0 radical (unpaired) electrons. The maximum Gasteiger partial charge on any atom is 0.307 e. The van der Waals surface area contributed by atoms with Gasteiger partial charge in [0.15, 0.2) is 5.82 Å². The summed E-state index contributed by atoms with van der Waals surface area (Å²) in [6.45, 7) is 26.2. The van der Waals surface area contributed by atoms with Gasteiger partial charge in [-0.15, -0.1) is 10.2 Å². The van der Waals surface area contributed by atoms with Crippen molar-refractivity contribution in [3.05, 3.63) is 17.5 Å². The molecule has 264 valence electrons. The molecule has 2 heterocycles. The molecule has 2 bridgehead atoms. The van der Waals surface area contributed by atoms with Gasteiger partial charge in [-0.05, 0) is 103 Å². The fraction of sp³-hybridized carbons (Fsp3) is 0.895. The molecule has 1 aliphatic heterocycles. The fourth-order valence-electron chi connectivity index (χ4n) is 12.0. The van der Waals surface area contributed by atoms with Gasteiger partial charge in [-0.1, -0.05) is 74.0 Å². The number of carbonyl (C=O) groups is 1. The molecule has 0 aromatic carbocycles. The van der Waals surface area contributed by atoms with Crippen molar-refractivity contribution in [3.63, 3.8) is 0 Å². The number of aromatic nitrogens is 4. The van der Waals surface area contributed by atoms with Gasteiger partial charge in [-0.25, -0.2) is 0 Å². The molecule has 1 aromatic heterocycles. The van der Waals surface area contributed by atoms with E-state index in [-0.39, 0.29) is 45.1 Å². The van der Waals surface area contributed by atoms with E-state index in [1.54, 1.807) is 0 Å². The van der Waals surface area contributed by atoms with Crippen molar-refractivity contribution in [2.75, 3.05) is 19.8 Å². The van der Waals surface area contributed by atoms with Gasteiger partial charge in [-0.2, -0.15) is 4.80 Å². The molecule has 6 rings (SSSR count). The number of rotatable bonds is 8. The highest BCUT2D eigenvalue weighted by atomic mass is 16.5. The van der Waals surface area contributed by atoms with Crippen molar-refractivity contribution < 1.29 is 19.4 Å². The van der Waals surface area contributed by atoms with Crippen LogP contribution in [0, 0.1) is 69.5 Å². The summed E-state index contributed by atoms with van der Waals surface area (Å²) in [4.78, 5) is 15.2. The van der Waals surface area contributed by atoms with Gasteiger partial charge in [-0.3, -0.25) is 4.79 Å². The molecular weight excluding hydrogens is 590 g/mol. The number of aliphatic carboxylic acids is 1. The lowest BCUT2D eigenvalue weighted by atomic mass is 9.34.